The topological polar surface area (TPSA) is 115 Å². The standard InChI is InChI=1S/C16H14BrN3O4S/c17-11-5-3-4-10(8-11)15(16(18)22)19-14(21)9-25-13-7-2-1-6-12(13)20(23)24/h1-8,15H,9H2,(H2,18,22)(H,19,21). The lowest BCUT2D eigenvalue weighted by atomic mass is 10.1. The highest BCUT2D eigenvalue weighted by molar-refractivity contribution is 9.10. The Morgan fingerprint density at radius 1 is 1.24 bits per heavy atom. The Balaban J connectivity index is 2.05. The first kappa shape index (κ1) is 18.9. The highest BCUT2D eigenvalue weighted by Gasteiger charge is 2.21. The number of carbonyl (C=O) groups is 2. The van der Waals surface area contributed by atoms with E-state index in [0.717, 1.165) is 16.2 Å². The van der Waals surface area contributed by atoms with E-state index in [2.05, 4.69) is 21.2 Å². The molecule has 2 aromatic rings. The van der Waals surface area contributed by atoms with Gasteiger partial charge in [-0.25, -0.2) is 0 Å². The van der Waals surface area contributed by atoms with Crippen molar-refractivity contribution in [1.29, 1.82) is 0 Å². The van der Waals surface area contributed by atoms with E-state index in [9.17, 15) is 19.7 Å². The van der Waals surface area contributed by atoms with E-state index in [0.29, 0.717) is 10.5 Å². The first-order valence-corrected chi connectivity index (χ1v) is 8.86. The fraction of sp³-hybridized carbons (Fsp3) is 0.125. The molecule has 0 radical (unpaired) electrons. The highest BCUT2D eigenvalue weighted by Crippen LogP contribution is 2.28. The first-order valence-electron chi connectivity index (χ1n) is 7.09. The number of nitrogens with two attached hydrogens (primary N) is 1. The third-order valence-electron chi connectivity index (χ3n) is 3.19. The van der Waals surface area contributed by atoms with Crippen LogP contribution in [0.2, 0.25) is 0 Å². The van der Waals surface area contributed by atoms with Crippen LogP contribution in [0.3, 0.4) is 0 Å². The number of para-hydroxylation sites is 1. The maximum atomic E-state index is 12.1. The van der Waals surface area contributed by atoms with E-state index in [4.69, 9.17) is 5.73 Å². The van der Waals surface area contributed by atoms with Crippen LogP contribution in [0.4, 0.5) is 5.69 Å². The van der Waals surface area contributed by atoms with Gasteiger partial charge < -0.3 is 11.1 Å². The Hall–Kier alpha value is -2.39. The van der Waals surface area contributed by atoms with Crippen molar-refractivity contribution in [2.75, 3.05) is 5.75 Å². The second kappa shape index (κ2) is 8.63. The van der Waals surface area contributed by atoms with Crippen molar-refractivity contribution < 1.29 is 14.5 Å². The average Bonchev–Trinajstić information content (AvgIpc) is 2.57. The van der Waals surface area contributed by atoms with Gasteiger partial charge in [0.15, 0.2) is 0 Å². The molecule has 0 aromatic heterocycles. The molecule has 0 aliphatic carbocycles. The number of hydrogen-bond donors (Lipinski definition) is 2. The summed E-state index contributed by atoms with van der Waals surface area (Å²) >= 11 is 4.32. The second-order valence-corrected chi connectivity index (χ2v) is 6.90. The van der Waals surface area contributed by atoms with Crippen LogP contribution in [0, 0.1) is 10.1 Å². The Morgan fingerprint density at radius 3 is 2.60 bits per heavy atom. The Labute approximate surface area is 156 Å². The maximum absolute atomic E-state index is 12.1. The molecule has 0 saturated carbocycles. The normalized spacial score (nSPS) is 11.6. The largest absolute Gasteiger partial charge is 0.368 e. The van der Waals surface area contributed by atoms with E-state index in [1.807, 2.05) is 0 Å². The number of primary amides is 1. The molecule has 130 valence electrons. The third kappa shape index (κ3) is 5.30. The molecule has 1 atom stereocenters. The van der Waals surface area contributed by atoms with Crippen molar-refractivity contribution in [2.45, 2.75) is 10.9 Å². The van der Waals surface area contributed by atoms with Crippen LogP contribution >= 0.6 is 27.7 Å². The predicted molar refractivity (Wildman–Crippen MR) is 98.0 cm³/mol. The molecular weight excluding hydrogens is 410 g/mol. The fourth-order valence-electron chi connectivity index (χ4n) is 2.08. The average molecular weight is 424 g/mol. The van der Waals surface area contributed by atoms with Gasteiger partial charge in [0.05, 0.1) is 15.6 Å². The van der Waals surface area contributed by atoms with Crippen molar-refractivity contribution in [3.05, 3.63) is 68.7 Å². The molecule has 0 aliphatic rings. The summed E-state index contributed by atoms with van der Waals surface area (Å²) in [5, 5.41) is 13.5. The maximum Gasteiger partial charge on any atom is 0.282 e. The molecule has 2 aromatic carbocycles. The van der Waals surface area contributed by atoms with Crippen molar-refractivity contribution in [2.24, 2.45) is 5.73 Å². The van der Waals surface area contributed by atoms with Gasteiger partial charge in [-0.15, -0.1) is 11.8 Å². The number of thioether (sulfide) groups is 1. The summed E-state index contributed by atoms with van der Waals surface area (Å²) < 4.78 is 0.750. The van der Waals surface area contributed by atoms with Gasteiger partial charge in [-0.3, -0.25) is 19.7 Å². The number of nitrogens with zero attached hydrogens (tertiary/aromatic N) is 1. The number of rotatable bonds is 7. The highest BCUT2D eigenvalue weighted by atomic mass is 79.9. The van der Waals surface area contributed by atoms with Crippen molar-refractivity contribution >= 4 is 45.2 Å². The molecule has 2 amide bonds. The van der Waals surface area contributed by atoms with Crippen LogP contribution in [0.15, 0.2) is 57.9 Å². The van der Waals surface area contributed by atoms with Crippen LogP contribution < -0.4 is 11.1 Å². The van der Waals surface area contributed by atoms with Gasteiger partial charge in [0.2, 0.25) is 11.8 Å². The van der Waals surface area contributed by atoms with Gasteiger partial charge in [0.1, 0.15) is 6.04 Å². The summed E-state index contributed by atoms with van der Waals surface area (Å²) in [4.78, 5) is 34.7. The monoisotopic (exact) mass is 423 g/mol. The van der Waals surface area contributed by atoms with E-state index >= 15 is 0 Å². The number of halogens is 1. The second-order valence-electron chi connectivity index (χ2n) is 4.97. The molecule has 0 bridgehead atoms. The number of nitrogens with one attached hydrogen (secondary N) is 1. The molecular formula is C16H14BrN3O4S. The van der Waals surface area contributed by atoms with Crippen LogP contribution in [0.5, 0.6) is 0 Å². The minimum absolute atomic E-state index is 0.0706. The number of amides is 2. The fourth-order valence-corrected chi connectivity index (χ4v) is 3.33. The lowest BCUT2D eigenvalue weighted by Crippen LogP contribution is -2.38. The van der Waals surface area contributed by atoms with Gasteiger partial charge in [0, 0.05) is 10.5 Å². The molecule has 25 heavy (non-hydrogen) atoms. The Morgan fingerprint density at radius 2 is 1.96 bits per heavy atom. The van der Waals surface area contributed by atoms with Crippen LogP contribution in [-0.2, 0) is 9.59 Å². The van der Waals surface area contributed by atoms with Crippen LogP contribution in [0.25, 0.3) is 0 Å². The van der Waals surface area contributed by atoms with E-state index in [-0.39, 0.29) is 11.4 Å². The quantitative estimate of drug-likeness (QED) is 0.403. The first-order chi connectivity index (χ1) is 11.9. The summed E-state index contributed by atoms with van der Waals surface area (Å²) in [5.74, 6) is -1.23. The van der Waals surface area contributed by atoms with Gasteiger partial charge in [-0.1, -0.05) is 40.2 Å². The molecule has 0 spiro atoms. The van der Waals surface area contributed by atoms with E-state index in [1.54, 1.807) is 42.5 Å². The number of nitro benzene ring substituents is 1. The molecule has 9 heteroatoms. The molecule has 0 heterocycles. The zero-order valence-corrected chi connectivity index (χ0v) is 15.2. The summed E-state index contributed by atoms with van der Waals surface area (Å²) in [6, 6.07) is 12.0. The van der Waals surface area contributed by atoms with E-state index in [1.165, 1.54) is 6.07 Å². The third-order valence-corrected chi connectivity index (χ3v) is 4.75. The Bertz CT molecular complexity index is 815. The van der Waals surface area contributed by atoms with Crippen molar-refractivity contribution in [3.8, 4) is 0 Å². The SMILES string of the molecule is NC(=O)C(NC(=O)CSc1ccccc1[N+](=O)[O-])c1cccc(Br)c1. The minimum atomic E-state index is -0.976. The molecule has 0 fully saturated rings. The van der Waals surface area contributed by atoms with Crippen LogP contribution in [0.1, 0.15) is 11.6 Å². The molecule has 1 unspecified atom stereocenters. The summed E-state index contributed by atoms with van der Waals surface area (Å²) in [7, 11) is 0. The lowest BCUT2D eigenvalue weighted by Gasteiger charge is -2.16. The number of carbonyl (C=O) groups excluding carboxylic acids is 2. The number of hydrogen-bond acceptors (Lipinski definition) is 5. The van der Waals surface area contributed by atoms with Gasteiger partial charge in [-0.2, -0.15) is 0 Å². The zero-order chi connectivity index (χ0) is 18.4. The molecule has 7 nitrogen and oxygen atoms in total. The minimum Gasteiger partial charge on any atom is -0.368 e. The number of benzene rings is 2. The van der Waals surface area contributed by atoms with Crippen molar-refractivity contribution in [3.63, 3.8) is 0 Å². The van der Waals surface area contributed by atoms with E-state index < -0.39 is 22.8 Å². The Kier molecular flexibility index (Phi) is 6.54. The van der Waals surface area contributed by atoms with Gasteiger partial charge >= 0.3 is 0 Å². The van der Waals surface area contributed by atoms with Gasteiger partial charge in [-0.05, 0) is 23.8 Å². The molecule has 0 aliphatic heterocycles. The summed E-state index contributed by atoms with van der Waals surface area (Å²) in [6.45, 7) is 0. The van der Waals surface area contributed by atoms with Crippen LogP contribution in [-0.4, -0.2) is 22.5 Å². The van der Waals surface area contributed by atoms with Gasteiger partial charge in [0.25, 0.3) is 5.69 Å². The zero-order valence-electron chi connectivity index (χ0n) is 12.8. The predicted octanol–water partition coefficient (Wildman–Crippen LogP) is 2.79. The lowest BCUT2D eigenvalue weighted by molar-refractivity contribution is -0.387. The summed E-state index contributed by atoms with van der Waals surface area (Å²) in [5.41, 5.74) is 5.85. The van der Waals surface area contributed by atoms with Crippen molar-refractivity contribution in [1.82, 2.24) is 5.32 Å². The molecule has 2 rings (SSSR count). The smallest absolute Gasteiger partial charge is 0.282 e. The number of nitro groups is 1. The molecule has 0 saturated heterocycles. The molecule has 3 N–H and O–H groups in total. The summed E-state index contributed by atoms with van der Waals surface area (Å²) in [6.07, 6.45) is 0.